The molecule has 0 unspecified atom stereocenters. The number of carbonyl (C=O) groups excluding carboxylic acids is 2. The number of nitrogens with zero attached hydrogens (tertiary/aromatic N) is 3. The molecule has 2 amide bonds. The quantitative estimate of drug-likeness (QED) is 0.442. The third-order valence-corrected chi connectivity index (χ3v) is 4.89. The molecule has 0 spiro atoms. The van der Waals surface area contributed by atoms with Gasteiger partial charge >= 0.3 is 0 Å². The van der Waals surface area contributed by atoms with Gasteiger partial charge in [0.15, 0.2) is 0 Å². The van der Waals surface area contributed by atoms with Crippen LogP contribution in [0.3, 0.4) is 0 Å². The van der Waals surface area contributed by atoms with Gasteiger partial charge in [-0.3, -0.25) is 19.7 Å². The number of benzene rings is 2. The summed E-state index contributed by atoms with van der Waals surface area (Å²) in [5.41, 5.74) is 1.51. The lowest BCUT2D eigenvalue weighted by atomic mass is 10.0. The van der Waals surface area contributed by atoms with Crippen LogP contribution in [0.1, 0.15) is 11.1 Å². The first-order chi connectivity index (χ1) is 13.8. The lowest BCUT2D eigenvalue weighted by molar-refractivity contribution is -0.384. The number of hydrogen-bond donors (Lipinski definition) is 1. The zero-order chi connectivity index (χ0) is 21.3. The Bertz CT molecular complexity index is 1030. The number of halogens is 1. The molecule has 3 rings (SSSR count). The number of imide groups is 1. The molecule has 0 radical (unpaired) electrons. The van der Waals surface area contributed by atoms with Crippen molar-refractivity contribution in [1.29, 1.82) is 0 Å². The molecular formula is C20H18ClN3O5. The van der Waals surface area contributed by atoms with Crippen LogP contribution in [0, 0.1) is 17.0 Å². The summed E-state index contributed by atoms with van der Waals surface area (Å²) in [5.74, 6) is -1.11. The molecule has 29 heavy (non-hydrogen) atoms. The van der Waals surface area contributed by atoms with Gasteiger partial charge in [0.2, 0.25) is 0 Å². The van der Waals surface area contributed by atoms with Crippen molar-refractivity contribution in [3.63, 3.8) is 0 Å². The van der Waals surface area contributed by atoms with Crippen molar-refractivity contribution in [2.75, 3.05) is 25.1 Å². The molecule has 2 aromatic carbocycles. The number of nitro benzene ring substituents is 1. The number of amides is 2. The highest BCUT2D eigenvalue weighted by molar-refractivity contribution is 6.45. The Morgan fingerprint density at radius 3 is 2.38 bits per heavy atom. The van der Waals surface area contributed by atoms with Gasteiger partial charge in [0.25, 0.3) is 17.5 Å². The van der Waals surface area contributed by atoms with E-state index in [1.807, 2.05) is 0 Å². The molecule has 0 aromatic heterocycles. The van der Waals surface area contributed by atoms with Gasteiger partial charge in [-0.15, -0.1) is 0 Å². The second kappa shape index (κ2) is 8.02. The number of aryl methyl sites for hydroxylation is 1. The Hall–Kier alpha value is -3.23. The van der Waals surface area contributed by atoms with E-state index in [1.165, 1.54) is 35.2 Å². The second-order valence-electron chi connectivity index (χ2n) is 6.55. The van der Waals surface area contributed by atoms with Crippen LogP contribution in [0.2, 0.25) is 5.02 Å². The van der Waals surface area contributed by atoms with Crippen LogP contribution >= 0.6 is 11.6 Å². The molecule has 1 aliphatic rings. The van der Waals surface area contributed by atoms with E-state index in [1.54, 1.807) is 26.1 Å². The van der Waals surface area contributed by atoms with Gasteiger partial charge in [-0.25, -0.2) is 4.90 Å². The van der Waals surface area contributed by atoms with Crippen LogP contribution in [0.4, 0.5) is 11.4 Å². The molecule has 0 saturated heterocycles. The van der Waals surface area contributed by atoms with Gasteiger partial charge in [0.1, 0.15) is 5.70 Å². The van der Waals surface area contributed by atoms with Crippen molar-refractivity contribution >= 4 is 40.4 Å². The summed E-state index contributed by atoms with van der Waals surface area (Å²) in [4.78, 5) is 39.5. The van der Waals surface area contributed by atoms with Gasteiger partial charge in [0, 0.05) is 30.7 Å². The van der Waals surface area contributed by atoms with Crippen LogP contribution in [-0.4, -0.2) is 46.9 Å². The minimum absolute atomic E-state index is 0.109. The third kappa shape index (κ3) is 3.72. The van der Waals surface area contributed by atoms with Crippen molar-refractivity contribution in [2.45, 2.75) is 6.92 Å². The molecule has 1 aliphatic heterocycles. The summed E-state index contributed by atoms with van der Waals surface area (Å²) in [5, 5.41) is 20.6. The van der Waals surface area contributed by atoms with Crippen LogP contribution < -0.4 is 4.90 Å². The Kier molecular flexibility index (Phi) is 5.67. The van der Waals surface area contributed by atoms with Gasteiger partial charge in [-0.05, 0) is 42.3 Å². The second-order valence-corrected chi connectivity index (χ2v) is 6.99. The normalized spacial score (nSPS) is 14.0. The van der Waals surface area contributed by atoms with Crippen molar-refractivity contribution in [1.82, 2.24) is 4.90 Å². The number of aliphatic hydroxyl groups excluding tert-OH is 1. The molecule has 9 heteroatoms. The molecule has 2 aromatic rings. The van der Waals surface area contributed by atoms with E-state index in [2.05, 4.69) is 0 Å². The van der Waals surface area contributed by atoms with E-state index in [9.17, 15) is 24.8 Å². The monoisotopic (exact) mass is 415 g/mol. The molecule has 1 N–H and O–H groups in total. The zero-order valence-corrected chi connectivity index (χ0v) is 16.5. The number of aliphatic hydroxyl groups is 1. The van der Waals surface area contributed by atoms with E-state index in [4.69, 9.17) is 11.6 Å². The number of hydrogen-bond acceptors (Lipinski definition) is 6. The van der Waals surface area contributed by atoms with E-state index in [0.717, 1.165) is 4.90 Å². The summed E-state index contributed by atoms with van der Waals surface area (Å²) >= 11 is 6.07. The highest BCUT2D eigenvalue weighted by Crippen LogP contribution is 2.36. The van der Waals surface area contributed by atoms with Crippen molar-refractivity contribution in [2.24, 2.45) is 0 Å². The predicted molar refractivity (Wildman–Crippen MR) is 108 cm³/mol. The highest BCUT2D eigenvalue weighted by atomic mass is 35.5. The first-order valence-electron chi connectivity index (χ1n) is 8.72. The standard InChI is InChI=1S/C20H18ClN3O5/c1-12-3-6-14(21)11-16(12)23-19(26)17(18(20(23)27)22(2)9-10-25)13-4-7-15(8-5-13)24(28)29/h3-8,11,25H,9-10H2,1-2H3. The van der Waals surface area contributed by atoms with Crippen LogP contribution in [0.5, 0.6) is 0 Å². The minimum Gasteiger partial charge on any atom is -0.395 e. The van der Waals surface area contributed by atoms with Gasteiger partial charge in [-0.2, -0.15) is 0 Å². The fourth-order valence-electron chi connectivity index (χ4n) is 3.19. The molecule has 0 atom stereocenters. The summed E-state index contributed by atoms with van der Waals surface area (Å²) in [6.07, 6.45) is 0. The zero-order valence-electron chi connectivity index (χ0n) is 15.8. The van der Waals surface area contributed by atoms with E-state index in [0.29, 0.717) is 21.8 Å². The number of anilines is 1. The molecule has 150 valence electrons. The number of non-ortho nitro benzene ring substituents is 1. The fourth-order valence-corrected chi connectivity index (χ4v) is 3.35. The number of nitro groups is 1. The third-order valence-electron chi connectivity index (χ3n) is 4.66. The Balaban J connectivity index is 2.15. The van der Waals surface area contributed by atoms with Gasteiger partial charge in [0.05, 0.1) is 22.8 Å². The summed E-state index contributed by atoms with van der Waals surface area (Å²) in [7, 11) is 1.59. The average Bonchev–Trinajstić information content (AvgIpc) is 2.94. The SMILES string of the molecule is Cc1ccc(Cl)cc1N1C(=O)C(c2ccc([N+](=O)[O-])cc2)=C(N(C)CCO)C1=O. The van der Waals surface area contributed by atoms with Gasteiger partial charge in [-0.1, -0.05) is 17.7 Å². The molecule has 0 bridgehead atoms. The van der Waals surface area contributed by atoms with Crippen molar-refractivity contribution in [3.05, 3.63) is 74.4 Å². The van der Waals surface area contributed by atoms with E-state index < -0.39 is 16.7 Å². The van der Waals surface area contributed by atoms with E-state index in [-0.39, 0.29) is 30.1 Å². The average molecular weight is 416 g/mol. The molecule has 1 heterocycles. The molecular weight excluding hydrogens is 398 g/mol. The van der Waals surface area contributed by atoms with Crippen LogP contribution in [0.25, 0.3) is 5.57 Å². The summed E-state index contributed by atoms with van der Waals surface area (Å²) in [6, 6.07) is 10.3. The molecule has 8 nitrogen and oxygen atoms in total. The molecule has 0 aliphatic carbocycles. The largest absolute Gasteiger partial charge is 0.395 e. The minimum atomic E-state index is -0.561. The van der Waals surface area contributed by atoms with Crippen molar-refractivity contribution < 1.29 is 19.6 Å². The fraction of sp³-hybridized carbons (Fsp3) is 0.200. The summed E-state index contributed by atoms with van der Waals surface area (Å²) in [6.45, 7) is 1.67. The first kappa shape index (κ1) is 20.5. The maximum absolute atomic E-state index is 13.3. The lowest BCUT2D eigenvalue weighted by Crippen LogP contribution is -2.35. The van der Waals surface area contributed by atoms with Crippen LogP contribution in [0.15, 0.2) is 48.2 Å². The molecule has 0 saturated carbocycles. The predicted octanol–water partition coefficient (Wildman–Crippen LogP) is 2.77. The summed E-state index contributed by atoms with van der Waals surface area (Å²) < 4.78 is 0. The number of likely N-dealkylation sites (N-methyl/N-ethyl adjacent to an activating group) is 1. The maximum atomic E-state index is 13.3. The maximum Gasteiger partial charge on any atom is 0.282 e. The number of rotatable bonds is 6. The topological polar surface area (TPSA) is 104 Å². The highest BCUT2D eigenvalue weighted by Gasteiger charge is 2.42. The first-order valence-corrected chi connectivity index (χ1v) is 9.10. The van der Waals surface area contributed by atoms with Crippen molar-refractivity contribution in [3.8, 4) is 0 Å². The van der Waals surface area contributed by atoms with Gasteiger partial charge < -0.3 is 10.0 Å². The Morgan fingerprint density at radius 1 is 1.14 bits per heavy atom. The lowest BCUT2D eigenvalue weighted by Gasteiger charge is -2.21. The Labute approximate surface area is 171 Å². The Morgan fingerprint density at radius 2 is 1.79 bits per heavy atom. The van der Waals surface area contributed by atoms with Crippen LogP contribution in [-0.2, 0) is 9.59 Å². The number of carbonyl (C=O) groups is 2. The molecule has 0 fully saturated rings. The van der Waals surface area contributed by atoms with E-state index >= 15 is 0 Å². The smallest absolute Gasteiger partial charge is 0.282 e.